The Hall–Kier alpha value is -1.26. The Morgan fingerprint density at radius 2 is 1.55 bits per heavy atom. The number of carbonyl (C=O) groups excluding carboxylic acids is 1. The lowest BCUT2D eigenvalue weighted by Crippen LogP contribution is -2.56. The largest absolute Gasteiger partial charge is 0.457 e. The van der Waals surface area contributed by atoms with Crippen molar-refractivity contribution < 1.29 is 23.1 Å². The number of esters is 1. The third-order valence-corrected chi connectivity index (χ3v) is 22.4. The summed E-state index contributed by atoms with van der Waals surface area (Å²) in [4.78, 5) is 13.5. The van der Waals surface area contributed by atoms with Gasteiger partial charge in [0, 0.05) is 18.3 Å². The number of hydrogen-bond acceptors (Lipinski definition) is 5. The lowest BCUT2D eigenvalue weighted by Gasteiger charge is -2.51. The van der Waals surface area contributed by atoms with Gasteiger partial charge in [-0.15, -0.1) is 0 Å². The fraction of sp³-hybridized carbons (Fsp3) is 0.786. The van der Waals surface area contributed by atoms with Gasteiger partial charge in [-0.3, -0.25) is 0 Å². The number of rotatable bonds is 10. The van der Waals surface area contributed by atoms with Crippen molar-refractivity contribution in [3.63, 3.8) is 0 Å². The first-order chi connectivity index (χ1) is 22.0. The SMILES string of the molecule is C=C1C(=CC=C2CCC[C@]3(C)C(CC)=CC[C@@H]23)C[C@](OCC(=O)OC(C)(C)C(C)(C)C)(O[Si](C)(C)C(C)(C)C)CC1O[Si](C)(C)C(C)(C)C. The molecule has 0 aromatic heterocycles. The summed E-state index contributed by atoms with van der Waals surface area (Å²) < 4.78 is 27.4. The Morgan fingerprint density at radius 3 is 2.08 bits per heavy atom. The summed E-state index contributed by atoms with van der Waals surface area (Å²) >= 11 is 0. The van der Waals surface area contributed by atoms with Gasteiger partial charge in [0.25, 0.3) is 0 Å². The molecule has 5 nitrogen and oxygen atoms in total. The normalized spacial score (nSPS) is 29.3. The average Bonchev–Trinajstić information content (AvgIpc) is 3.27. The molecule has 0 aromatic carbocycles. The van der Waals surface area contributed by atoms with Gasteiger partial charge in [0.1, 0.15) is 12.2 Å². The summed E-state index contributed by atoms with van der Waals surface area (Å²) in [5.41, 5.74) is 4.63. The number of allylic oxidation sites excluding steroid dienone is 5. The van der Waals surface area contributed by atoms with Crippen LogP contribution in [0.2, 0.25) is 36.3 Å². The summed E-state index contributed by atoms with van der Waals surface area (Å²) in [6.45, 7) is 42.2. The molecule has 1 unspecified atom stereocenters. The molecule has 3 aliphatic rings. The van der Waals surface area contributed by atoms with Crippen LogP contribution in [-0.2, 0) is 23.1 Å². The minimum atomic E-state index is -2.39. The molecule has 0 aliphatic heterocycles. The second kappa shape index (κ2) is 14.3. The topological polar surface area (TPSA) is 54.0 Å². The van der Waals surface area contributed by atoms with E-state index in [1.165, 1.54) is 18.4 Å². The van der Waals surface area contributed by atoms with Gasteiger partial charge in [0.2, 0.25) is 0 Å². The summed E-state index contributed by atoms with van der Waals surface area (Å²) in [5.74, 6) is -0.883. The van der Waals surface area contributed by atoms with Crippen LogP contribution in [0.1, 0.15) is 135 Å². The zero-order chi connectivity index (χ0) is 37.6. The highest BCUT2D eigenvalue weighted by molar-refractivity contribution is 6.74. The first-order valence-electron chi connectivity index (χ1n) is 19.0. The van der Waals surface area contributed by atoms with Crippen molar-refractivity contribution in [2.24, 2.45) is 16.7 Å². The minimum absolute atomic E-state index is 0.0156. The van der Waals surface area contributed by atoms with Crippen LogP contribution in [0.3, 0.4) is 0 Å². The molecular weight excluding hydrogens is 641 g/mol. The Labute approximate surface area is 304 Å². The van der Waals surface area contributed by atoms with Gasteiger partial charge in [-0.2, -0.15) is 0 Å². The van der Waals surface area contributed by atoms with Crippen molar-refractivity contribution in [2.45, 2.75) is 189 Å². The second-order valence-corrected chi connectivity index (χ2v) is 29.6. The Balaban J connectivity index is 2.11. The molecule has 2 saturated carbocycles. The van der Waals surface area contributed by atoms with Crippen molar-refractivity contribution in [3.05, 3.63) is 47.1 Å². The third kappa shape index (κ3) is 9.22. The fourth-order valence-electron chi connectivity index (χ4n) is 7.05. The van der Waals surface area contributed by atoms with E-state index < -0.39 is 28.0 Å². The molecule has 0 amide bonds. The van der Waals surface area contributed by atoms with Crippen LogP contribution < -0.4 is 0 Å². The van der Waals surface area contributed by atoms with Crippen LogP contribution in [0, 0.1) is 16.7 Å². The predicted molar refractivity (Wildman–Crippen MR) is 212 cm³/mol. The Bertz CT molecular complexity index is 1330. The Kier molecular flexibility index (Phi) is 12.3. The van der Waals surface area contributed by atoms with Crippen LogP contribution in [0.15, 0.2) is 47.1 Å². The van der Waals surface area contributed by atoms with Crippen LogP contribution in [0.5, 0.6) is 0 Å². The van der Waals surface area contributed by atoms with Crippen molar-refractivity contribution in [1.82, 2.24) is 0 Å². The van der Waals surface area contributed by atoms with Crippen molar-refractivity contribution >= 4 is 22.6 Å². The monoisotopic (exact) mass is 715 g/mol. The highest BCUT2D eigenvalue weighted by atomic mass is 28.4. The van der Waals surface area contributed by atoms with Gasteiger partial charge in [-0.25, -0.2) is 4.79 Å². The van der Waals surface area contributed by atoms with Crippen LogP contribution >= 0.6 is 0 Å². The molecule has 0 bridgehead atoms. The van der Waals surface area contributed by atoms with Gasteiger partial charge >= 0.3 is 5.97 Å². The number of hydrogen-bond donors (Lipinski definition) is 0. The quantitative estimate of drug-likeness (QED) is 0.0976. The molecule has 0 N–H and O–H groups in total. The number of ether oxygens (including phenoxy) is 2. The van der Waals surface area contributed by atoms with E-state index in [1.807, 2.05) is 13.8 Å². The van der Waals surface area contributed by atoms with Gasteiger partial charge in [0.05, 0.1) is 6.10 Å². The highest BCUT2D eigenvalue weighted by Crippen LogP contribution is 2.56. The highest BCUT2D eigenvalue weighted by Gasteiger charge is 2.52. The van der Waals surface area contributed by atoms with Crippen LogP contribution in [0.4, 0.5) is 0 Å². The van der Waals surface area contributed by atoms with E-state index >= 15 is 0 Å². The molecule has 4 atom stereocenters. The van der Waals surface area contributed by atoms with E-state index in [-0.39, 0.29) is 39.6 Å². The molecule has 0 aromatic rings. The third-order valence-electron chi connectivity index (χ3n) is 13.5. The zero-order valence-electron chi connectivity index (χ0n) is 34.8. The summed E-state index contributed by atoms with van der Waals surface area (Å²) in [5, 5.41) is -0.0467. The minimum Gasteiger partial charge on any atom is -0.457 e. The van der Waals surface area contributed by atoms with Gasteiger partial charge in [-0.1, -0.05) is 112 Å². The lowest BCUT2D eigenvalue weighted by molar-refractivity contribution is -0.222. The van der Waals surface area contributed by atoms with Crippen LogP contribution in [-0.4, -0.2) is 46.7 Å². The standard InChI is InChI=1S/C42H74O5Si2/c1-19-33-24-25-34-31(21-20-26-41(33,34)14)22-23-32-27-42(47-49(17,18)39(9,10)11,44-29-36(43)45-40(12,13)37(3,4)5)28-35(30(32)2)46-48(15,16)38(6,7)8/h22-24,34-35H,2,19-21,25-29H2,1,3-18H3/t34-,35?,41+,42-/m0/s1. The second-order valence-electron chi connectivity index (χ2n) is 20.1. The maximum atomic E-state index is 13.5. The molecule has 280 valence electrons. The Morgan fingerprint density at radius 1 is 0.959 bits per heavy atom. The van der Waals surface area contributed by atoms with Gasteiger partial charge in [0.15, 0.2) is 22.4 Å². The zero-order valence-corrected chi connectivity index (χ0v) is 36.8. The smallest absolute Gasteiger partial charge is 0.332 e. The van der Waals surface area contributed by atoms with E-state index in [0.29, 0.717) is 18.8 Å². The molecule has 49 heavy (non-hydrogen) atoms. The molecule has 3 aliphatic carbocycles. The first kappa shape index (κ1) is 42.2. The van der Waals surface area contributed by atoms with E-state index in [1.54, 1.807) is 5.57 Å². The first-order valence-corrected chi connectivity index (χ1v) is 24.8. The summed E-state index contributed by atoms with van der Waals surface area (Å²) in [7, 11) is -4.60. The number of carbonyl (C=O) groups is 1. The average molecular weight is 715 g/mol. The maximum Gasteiger partial charge on any atom is 0.332 e. The van der Waals surface area contributed by atoms with Crippen molar-refractivity contribution in [1.29, 1.82) is 0 Å². The molecule has 0 heterocycles. The van der Waals surface area contributed by atoms with E-state index in [4.69, 9.17) is 24.9 Å². The van der Waals surface area contributed by atoms with Gasteiger partial charge < -0.3 is 18.3 Å². The summed E-state index contributed by atoms with van der Waals surface area (Å²) in [6.07, 6.45) is 13.8. The predicted octanol–water partition coefficient (Wildman–Crippen LogP) is 12.2. The molecule has 2 fully saturated rings. The molecule has 3 rings (SSSR count). The maximum absolute atomic E-state index is 13.5. The van der Waals surface area contributed by atoms with Crippen molar-refractivity contribution in [3.8, 4) is 0 Å². The molecular formula is C42H74O5Si2. The van der Waals surface area contributed by atoms with E-state index in [0.717, 1.165) is 30.4 Å². The summed E-state index contributed by atoms with van der Waals surface area (Å²) in [6, 6.07) is 0. The molecule has 0 radical (unpaired) electrons. The van der Waals surface area contributed by atoms with E-state index in [2.05, 4.69) is 121 Å². The van der Waals surface area contributed by atoms with Crippen LogP contribution in [0.25, 0.3) is 0 Å². The van der Waals surface area contributed by atoms with E-state index in [9.17, 15) is 4.79 Å². The fourth-order valence-corrected chi connectivity index (χ4v) is 9.80. The van der Waals surface area contributed by atoms with Crippen molar-refractivity contribution in [2.75, 3.05) is 6.61 Å². The lowest BCUT2D eigenvalue weighted by atomic mass is 9.64. The number of fused-ring (bicyclic) bond motifs is 1. The van der Waals surface area contributed by atoms with Gasteiger partial charge in [-0.05, 0) is 105 Å². The molecule has 7 heteroatoms. The molecule has 0 saturated heterocycles. The molecule has 0 spiro atoms.